The molecule has 0 fully saturated rings. The minimum atomic E-state index is -0.307. The number of fused-ring (bicyclic) bond motifs is 1. The Morgan fingerprint density at radius 1 is 1.17 bits per heavy atom. The van der Waals surface area contributed by atoms with Crippen LogP contribution in [0.1, 0.15) is 56.2 Å². The van der Waals surface area contributed by atoms with Crippen LogP contribution in [-0.4, -0.2) is 10.8 Å². The molecule has 0 bridgehead atoms. The Bertz CT molecular complexity index is 831. The van der Waals surface area contributed by atoms with Gasteiger partial charge in [0, 0.05) is 23.3 Å². The molecule has 24 heavy (non-hydrogen) atoms. The van der Waals surface area contributed by atoms with E-state index in [0.29, 0.717) is 12.2 Å². The molecule has 0 amide bonds. The largest absolute Gasteiger partial charge is 0.294 e. The zero-order valence-electron chi connectivity index (χ0n) is 14.6. The summed E-state index contributed by atoms with van der Waals surface area (Å²) in [6, 6.07) is 10.6. The lowest BCUT2D eigenvalue weighted by molar-refractivity contribution is -0.118. The first kappa shape index (κ1) is 15.8. The summed E-state index contributed by atoms with van der Waals surface area (Å²) < 4.78 is 0. The van der Waals surface area contributed by atoms with E-state index in [0.717, 1.165) is 24.8 Å². The first-order valence-electron chi connectivity index (χ1n) is 8.72. The van der Waals surface area contributed by atoms with Gasteiger partial charge in [-0.25, -0.2) is 4.98 Å². The van der Waals surface area contributed by atoms with Crippen LogP contribution in [0, 0.1) is 5.41 Å². The number of hydrogen-bond acceptors (Lipinski definition) is 3. The van der Waals surface area contributed by atoms with Crippen LogP contribution in [0.3, 0.4) is 0 Å². The summed E-state index contributed by atoms with van der Waals surface area (Å²) in [5, 5.41) is 0. The number of allylic oxidation sites excluding steroid dienone is 2. The molecular formula is C21H23NOS. The molecule has 2 aromatic rings. The smallest absolute Gasteiger partial charge is 0.160 e. The molecule has 1 aromatic carbocycles. The first-order valence-corrected chi connectivity index (χ1v) is 9.60. The maximum Gasteiger partial charge on any atom is 0.160 e. The highest BCUT2D eigenvalue weighted by molar-refractivity contribution is 7.10. The zero-order chi connectivity index (χ0) is 16.9. The number of Topliss-reactive ketones (excluding diaryl/α,β-unsaturated/α-hetero) is 1. The number of thiazole rings is 1. The van der Waals surface area contributed by atoms with E-state index >= 15 is 0 Å². The Kier molecular flexibility index (Phi) is 3.54. The van der Waals surface area contributed by atoms with Crippen molar-refractivity contribution in [2.24, 2.45) is 5.41 Å². The standard InChI is InChI=1S/C21H23NOS/c1-4-21(15-8-6-5-7-9-15)18-14(10-16-19(21)24-13-22-16)11-20(2,3)12-17(18)23/h5-9,13H,4,10-12H2,1-3H3/t21-/m0/s1. The van der Waals surface area contributed by atoms with E-state index in [1.165, 1.54) is 21.7 Å². The van der Waals surface area contributed by atoms with E-state index in [1.807, 2.05) is 11.6 Å². The molecule has 0 radical (unpaired) electrons. The minimum absolute atomic E-state index is 0.0552. The van der Waals surface area contributed by atoms with Crippen LogP contribution in [0.5, 0.6) is 0 Å². The molecule has 0 aliphatic heterocycles. The van der Waals surface area contributed by atoms with Gasteiger partial charge in [0.05, 0.1) is 16.6 Å². The average Bonchev–Trinajstić information content (AvgIpc) is 3.01. The van der Waals surface area contributed by atoms with E-state index in [1.54, 1.807) is 11.3 Å². The maximum absolute atomic E-state index is 13.3. The van der Waals surface area contributed by atoms with E-state index in [9.17, 15) is 4.79 Å². The molecule has 124 valence electrons. The van der Waals surface area contributed by atoms with E-state index < -0.39 is 0 Å². The summed E-state index contributed by atoms with van der Waals surface area (Å²) in [4.78, 5) is 19.2. The van der Waals surface area contributed by atoms with Crippen molar-refractivity contribution in [2.75, 3.05) is 0 Å². The van der Waals surface area contributed by atoms with Crippen molar-refractivity contribution in [2.45, 2.75) is 51.9 Å². The number of hydrogen-bond donors (Lipinski definition) is 0. The molecule has 0 saturated heterocycles. The molecule has 0 spiro atoms. The minimum Gasteiger partial charge on any atom is -0.294 e. The van der Waals surface area contributed by atoms with Gasteiger partial charge < -0.3 is 0 Å². The third-order valence-electron chi connectivity index (χ3n) is 5.60. The molecule has 1 aromatic heterocycles. The SMILES string of the molecule is CC[C@]1(c2ccccc2)C2=C(Cc3ncsc31)CC(C)(C)CC2=O. The van der Waals surface area contributed by atoms with Gasteiger partial charge in [-0.1, -0.05) is 56.7 Å². The quantitative estimate of drug-likeness (QED) is 0.765. The van der Waals surface area contributed by atoms with Gasteiger partial charge in [0.1, 0.15) is 0 Å². The lowest BCUT2D eigenvalue weighted by Gasteiger charge is -2.44. The Labute approximate surface area is 147 Å². The third-order valence-corrected chi connectivity index (χ3v) is 6.63. The van der Waals surface area contributed by atoms with Gasteiger partial charge in [-0.3, -0.25) is 4.79 Å². The lowest BCUT2D eigenvalue weighted by atomic mass is 9.59. The summed E-state index contributed by atoms with van der Waals surface area (Å²) in [7, 11) is 0. The van der Waals surface area contributed by atoms with Gasteiger partial charge in [-0.15, -0.1) is 11.3 Å². The number of rotatable bonds is 2. The predicted octanol–water partition coefficient (Wildman–Crippen LogP) is 5.08. The van der Waals surface area contributed by atoms with Crippen LogP contribution >= 0.6 is 11.3 Å². The van der Waals surface area contributed by atoms with Crippen LogP contribution < -0.4 is 0 Å². The second kappa shape index (κ2) is 5.38. The van der Waals surface area contributed by atoms with Crippen molar-refractivity contribution in [1.82, 2.24) is 4.98 Å². The van der Waals surface area contributed by atoms with Gasteiger partial charge >= 0.3 is 0 Å². The number of carbonyl (C=O) groups excluding carboxylic acids is 1. The molecule has 2 aliphatic carbocycles. The molecule has 1 heterocycles. The summed E-state index contributed by atoms with van der Waals surface area (Å²) in [5.74, 6) is 0.339. The molecule has 0 N–H and O–H groups in total. The highest BCUT2D eigenvalue weighted by Crippen LogP contribution is 2.54. The summed E-state index contributed by atoms with van der Waals surface area (Å²) in [6.45, 7) is 6.63. The van der Waals surface area contributed by atoms with Crippen LogP contribution in [-0.2, 0) is 16.6 Å². The van der Waals surface area contributed by atoms with Gasteiger partial charge in [0.15, 0.2) is 5.78 Å². The Hall–Kier alpha value is -1.74. The average molecular weight is 337 g/mol. The van der Waals surface area contributed by atoms with Crippen LogP contribution in [0.4, 0.5) is 0 Å². The monoisotopic (exact) mass is 337 g/mol. The van der Waals surface area contributed by atoms with Crippen molar-refractivity contribution >= 4 is 17.1 Å². The Balaban J connectivity index is 2.03. The molecule has 0 unspecified atom stereocenters. The number of carbonyl (C=O) groups is 1. The summed E-state index contributed by atoms with van der Waals surface area (Å²) in [5.41, 5.74) is 6.51. The fraction of sp³-hybridized carbons (Fsp3) is 0.429. The fourth-order valence-corrected chi connectivity index (χ4v) is 5.85. The molecule has 2 aliphatic rings. The second-order valence-electron chi connectivity index (χ2n) is 7.85. The third kappa shape index (κ3) is 2.14. The van der Waals surface area contributed by atoms with E-state index in [4.69, 9.17) is 0 Å². The van der Waals surface area contributed by atoms with Crippen molar-refractivity contribution in [3.05, 3.63) is 63.1 Å². The Morgan fingerprint density at radius 2 is 1.92 bits per heavy atom. The highest BCUT2D eigenvalue weighted by atomic mass is 32.1. The molecule has 2 nitrogen and oxygen atoms in total. The number of benzene rings is 1. The second-order valence-corrected chi connectivity index (χ2v) is 8.70. The van der Waals surface area contributed by atoms with Gasteiger partial charge in [-0.2, -0.15) is 0 Å². The number of aromatic nitrogens is 1. The molecule has 3 heteroatoms. The molecular weight excluding hydrogens is 314 g/mol. The number of ketones is 1. The van der Waals surface area contributed by atoms with Crippen LogP contribution in [0.15, 0.2) is 47.0 Å². The van der Waals surface area contributed by atoms with Crippen molar-refractivity contribution in [3.63, 3.8) is 0 Å². The number of nitrogens with zero attached hydrogens (tertiary/aromatic N) is 1. The van der Waals surface area contributed by atoms with E-state index in [-0.39, 0.29) is 10.8 Å². The molecule has 4 rings (SSSR count). The van der Waals surface area contributed by atoms with Gasteiger partial charge in [0.25, 0.3) is 0 Å². The Morgan fingerprint density at radius 3 is 2.62 bits per heavy atom. The fourth-order valence-electron chi connectivity index (χ4n) is 4.74. The maximum atomic E-state index is 13.3. The normalized spacial score (nSPS) is 25.4. The predicted molar refractivity (Wildman–Crippen MR) is 98.4 cm³/mol. The van der Waals surface area contributed by atoms with Gasteiger partial charge in [-0.05, 0) is 23.8 Å². The summed E-state index contributed by atoms with van der Waals surface area (Å²) >= 11 is 1.71. The van der Waals surface area contributed by atoms with Crippen molar-refractivity contribution in [3.8, 4) is 0 Å². The van der Waals surface area contributed by atoms with Crippen molar-refractivity contribution in [1.29, 1.82) is 0 Å². The van der Waals surface area contributed by atoms with Crippen molar-refractivity contribution < 1.29 is 4.79 Å². The van der Waals surface area contributed by atoms with Crippen LogP contribution in [0.2, 0.25) is 0 Å². The van der Waals surface area contributed by atoms with E-state index in [2.05, 4.69) is 50.0 Å². The van der Waals surface area contributed by atoms with Crippen LogP contribution in [0.25, 0.3) is 0 Å². The van der Waals surface area contributed by atoms with Gasteiger partial charge in [0.2, 0.25) is 0 Å². The zero-order valence-corrected chi connectivity index (χ0v) is 15.4. The lowest BCUT2D eigenvalue weighted by Crippen LogP contribution is -2.41. The first-order chi connectivity index (χ1) is 11.5. The summed E-state index contributed by atoms with van der Waals surface area (Å²) in [6.07, 6.45) is 3.39. The molecule has 1 atom stereocenters. The highest BCUT2D eigenvalue weighted by Gasteiger charge is 2.49. The molecule has 0 saturated carbocycles. The topological polar surface area (TPSA) is 30.0 Å².